The molecule has 0 aromatic heterocycles. The maximum atomic E-state index is 3.58. The van der Waals surface area contributed by atoms with E-state index in [1.165, 1.54) is 0 Å². The number of rotatable bonds is 2. The molecule has 1 aromatic rings. The van der Waals surface area contributed by atoms with Crippen LogP contribution in [0.1, 0.15) is 40.2 Å². The maximum absolute atomic E-state index is 3.58. The van der Waals surface area contributed by atoms with Crippen LogP contribution in [-0.2, 0) is 0 Å². The third kappa shape index (κ3) is 3.75. The van der Waals surface area contributed by atoms with Gasteiger partial charge in [-0.3, -0.25) is 0 Å². The van der Waals surface area contributed by atoms with E-state index in [4.69, 9.17) is 0 Å². The Bertz CT molecular complexity index is 542. The van der Waals surface area contributed by atoms with Crippen molar-refractivity contribution < 1.29 is 0 Å². The van der Waals surface area contributed by atoms with Crippen LogP contribution in [0.25, 0.3) is 0 Å². The number of hydrogen-bond acceptors (Lipinski definition) is 0. The second-order valence-corrected chi connectivity index (χ2v) is 10.7. The third-order valence-electron chi connectivity index (χ3n) is 3.43. The monoisotopic (exact) mass is 332 g/mol. The van der Waals surface area contributed by atoms with E-state index in [0.717, 1.165) is 10.0 Å². The summed E-state index contributed by atoms with van der Waals surface area (Å²) in [6, 6.07) is 8.12. The van der Waals surface area contributed by atoms with E-state index in [2.05, 4.69) is 72.6 Å². The largest absolute Gasteiger partial charge is 0.222 e. The Morgan fingerprint density at radius 1 is 1.00 bits per heavy atom. The molecule has 0 unspecified atom stereocenters. The third-order valence-corrected chi connectivity index (χ3v) is 8.97. The van der Waals surface area contributed by atoms with Gasteiger partial charge >= 0.3 is 0 Å². The Morgan fingerprint density at radius 2 is 1.58 bits per heavy atom. The van der Waals surface area contributed by atoms with Crippen molar-refractivity contribution >= 4 is 24.0 Å². The van der Waals surface area contributed by atoms with Gasteiger partial charge in [-0.1, -0.05) is 45.7 Å². The van der Waals surface area contributed by atoms with Gasteiger partial charge in [0.05, 0.1) is 0 Å². The minimum Gasteiger partial charge on any atom is -0.115 e. The molecule has 0 aliphatic rings. The van der Waals surface area contributed by atoms with Crippen molar-refractivity contribution in [3.05, 3.63) is 34.3 Å². The fraction of sp³-hybridized carbons (Fsp3) is 0.412. The van der Waals surface area contributed by atoms with Gasteiger partial charge in [0.1, 0.15) is 0 Å². The van der Waals surface area contributed by atoms with Gasteiger partial charge in [0.25, 0.3) is 0 Å². The van der Waals surface area contributed by atoms with Gasteiger partial charge in [0.15, 0.2) is 0 Å². The molecule has 0 saturated carbocycles. The summed E-state index contributed by atoms with van der Waals surface area (Å²) in [5.74, 6) is 6.48. The fourth-order valence-corrected chi connectivity index (χ4v) is 5.91. The SMILES string of the molecule is CC#C[Si](C#Cc1ccccc1Br)(C(C)C)C(C)C. The smallest absolute Gasteiger partial charge is 0.115 e. The molecular weight excluding hydrogens is 312 g/mol. The van der Waals surface area contributed by atoms with Crippen molar-refractivity contribution in [2.45, 2.75) is 45.7 Å². The van der Waals surface area contributed by atoms with Gasteiger partial charge < -0.3 is 0 Å². The Labute approximate surface area is 127 Å². The molecule has 0 fully saturated rings. The lowest BCUT2D eigenvalue weighted by atomic mass is 10.2. The van der Waals surface area contributed by atoms with Crippen molar-refractivity contribution in [1.29, 1.82) is 0 Å². The second kappa shape index (κ2) is 6.99. The Kier molecular flexibility index (Phi) is 5.92. The molecule has 19 heavy (non-hydrogen) atoms. The lowest BCUT2D eigenvalue weighted by molar-refractivity contribution is 0.934. The lowest BCUT2D eigenvalue weighted by Gasteiger charge is -2.28. The zero-order valence-electron chi connectivity index (χ0n) is 12.3. The van der Waals surface area contributed by atoms with E-state index in [-0.39, 0.29) is 0 Å². The van der Waals surface area contributed by atoms with Crippen LogP contribution in [0, 0.1) is 22.9 Å². The molecule has 0 amide bonds. The van der Waals surface area contributed by atoms with Crippen LogP contribution in [-0.4, -0.2) is 8.07 Å². The molecule has 2 heteroatoms. The molecule has 0 nitrogen and oxygen atoms in total. The highest BCUT2D eigenvalue weighted by Crippen LogP contribution is 2.31. The summed E-state index contributed by atoms with van der Waals surface area (Å²) < 4.78 is 1.06. The Morgan fingerprint density at radius 3 is 2.05 bits per heavy atom. The average molecular weight is 333 g/mol. The summed E-state index contributed by atoms with van der Waals surface area (Å²) in [4.78, 5) is 0. The van der Waals surface area contributed by atoms with Gasteiger partial charge in [0.2, 0.25) is 8.07 Å². The summed E-state index contributed by atoms with van der Waals surface area (Å²) in [5, 5.41) is 0. The standard InChI is InChI=1S/C17H21BrSi/c1-6-12-19(14(2)3,15(4)5)13-11-16-9-7-8-10-17(16)18/h7-10,14-15H,1-5H3. The highest BCUT2D eigenvalue weighted by Gasteiger charge is 2.37. The van der Waals surface area contributed by atoms with Crippen LogP contribution in [0.3, 0.4) is 0 Å². The molecule has 1 rings (SSSR count). The minimum atomic E-state index is -1.90. The fourth-order valence-electron chi connectivity index (χ4n) is 2.22. The number of halogens is 1. The summed E-state index contributed by atoms with van der Waals surface area (Å²) in [7, 11) is -1.90. The zero-order valence-corrected chi connectivity index (χ0v) is 14.9. The predicted octanol–water partition coefficient (Wildman–Crippen LogP) is 5.17. The van der Waals surface area contributed by atoms with E-state index in [1.54, 1.807) is 0 Å². The normalized spacial score (nSPS) is 10.7. The molecule has 100 valence electrons. The number of hydrogen-bond donors (Lipinski definition) is 0. The highest BCUT2D eigenvalue weighted by molar-refractivity contribution is 9.10. The topological polar surface area (TPSA) is 0 Å². The summed E-state index contributed by atoms with van der Waals surface area (Å²) in [6.07, 6.45) is 0. The molecule has 0 heterocycles. The lowest BCUT2D eigenvalue weighted by Crippen LogP contribution is -2.39. The second-order valence-electron chi connectivity index (χ2n) is 5.28. The zero-order chi connectivity index (χ0) is 14.5. The maximum Gasteiger partial charge on any atom is 0.222 e. The van der Waals surface area contributed by atoms with Crippen molar-refractivity contribution in [1.82, 2.24) is 0 Å². The quantitative estimate of drug-likeness (QED) is 0.517. The van der Waals surface area contributed by atoms with Crippen molar-refractivity contribution in [2.75, 3.05) is 0 Å². The molecule has 0 N–H and O–H groups in total. The van der Waals surface area contributed by atoms with Crippen LogP contribution < -0.4 is 0 Å². The van der Waals surface area contributed by atoms with E-state index >= 15 is 0 Å². The van der Waals surface area contributed by atoms with Crippen LogP contribution in [0.15, 0.2) is 28.7 Å². The van der Waals surface area contributed by atoms with Gasteiger partial charge in [-0.2, -0.15) is 0 Å². The van der Waals surface area contributed by atoms with E-state index in [9.17, 15) is 0 Å². The molecule has 1 aromatic carbocycles. The van der Waals surface area contributed by atoms with Crippen molar-refractivity contribution in [2.24, 2.45) is 0 Å². The Balaban J connectivity index is 3.30. The van der Waals surface area contributed by atoms with E-state index in [1.807, 2.05) is 25.1 Å². The van der Waals surface area contributed by atoms with E-state index in [0.29, 0.717) is 11.1 Å². The van der Waals surface area contributed by atoms with Gasteiger partial charge in [-0.05, 0) is 46.1 Å². The summed E-state index contributed by atoms with van der Waals surface area (Å²) in [5.41, 5.74) is 9.19. The van der Waals surface area contributed by atoms with Crippen molar-refractivity contribution in [3.63, 3.8) is 0 Å². The molecule has 0 bridgehead atoms. The summed E-state index contributed by atoms with van der Waals surface area (Å²) in [6.45, 7) is 10.9. The van der Waals surface area contributed by atoms with Gasteiger partial charge in [-0.25, -0.2) is 0 Å². The molecule has 0 aliphatic heterocycles. The first-order valence-corrected chi connectivity index (χ1v) is 9.60. The molecule has 0 atom stereocenters. The first kappa shape index (κ1) is 16.1. The molecular formula is C17H21BrSi. The molecule has 0 radical (unpaired) electrons. The van der Waals surface area contributed by atoms with Crippen LogP contribution in [0.2, 0.25) is 11.1 Å². The van der Waals surface area contributed by atoms with Gasteiger partial charge in [-0.15, -0.1) is 17.0 Å². The van der Waals surface area contributed by atoms with Crippen LogP contribution in [0.4, 0.5) is 0 Å². The number of benzene rings is 1. The predicted molar refractivity (Wildman–Crippen MR) is 90.4 cm³/mol. The van der Waals surface area contributed by atoms with Gasteiger partial charge in [0, 0.05) is 10.0 Å². The minimum absolute atomic E-state index is 0.537. The van der Waals surface area contributed by atoms with Crippen LogP contribution in [0.5, 0.6) is 0 Å². The van der Waals surface area contributed by atoms with E-state index < -0.39 is 8.07 Å². The highest BCUT2D eigenvalue weighted by atomic mass is 79.9. The Hall–Kier alpha value is -0.963. The molecule has 0 aliphatic carbocycles. The van der Waals surface area contributed by atoms with Crippen LogP contribution >= 0.6 is 15.9 Å². The molecule has 0 saturated heterocycles. The average Bonchev–Trinajstić information content (AvgIpc) is 2.35. The molecule has 0 spiro atoms. The first-order valence-electron chi connectivity index (χ1n) is 6.65. The first-order chi connectivity index (χ1) is 8.94. The summed E-state index contributed by atoms with van der Waals surface area (Å²) >= 11 is 3.55. The van der Waals surface area contributed by atoms with Crippen molar-refractivity contribution in [3.8, 4) is 22.9 Å².